The van der Waals surface area contributed by atoms with Crippen molar-refractivity contribution in [3.8, 4) is 0 Å². The molecule has 1 aromatic rings. The number of amides is 2. The van der Waals surface area contributed by atoms with Gasteiger partial charge in [-0.1, -0.05) is 13.3 Å². The maximum absolute atomic E-state index is 12.5. The molecule has 0 bridgehead atoms. The zero-order valence-electron chi connectivity index (χ0n) is 15.2. The van der Waals surface area contributed by atoms with Crippen molar-refractivity contribution in [1.29, 1.82) is 0 Å². The highest BCUT2D eigenvalue weighted by Gasteiger charge is 2.27. The van der Waals surface area contributed by atoms with Gasteiger partial charge in [0.05, 0.1) is 6.26 Å². The Labute approximate surface area is 149 Å². The summed E-state index contributed by atoms with van der Waals surface area (Å²) in [5, 5.41) is 0. The van der Waals surface area contributed by atoms with E-state index in [1.165, 1.54) is 31.9 Å². The van der Waals surface area contributed by atoms with Gasteiger partial charge in [0.15, 0.2) is 5.76 Å². The normalized spacial score (nSPS) is 22.2. The van der Waals surface area contributed by atoms with Crippen LogP contribution in [0.1, 0.15) is 49.6 Å². The van der Waals surface area contributed by atoms with E-state index in [0.717, 1.165) is 13.1 Å². The Balaban J connectivity index is 1.43. The average Bonchev–Trinajstić information content (AvgIpc) is 3.20. The SMILES string of the molecule is CCC1CCCCN1CCC(=O)N1CCN(C(=O)c2ccco2)CC1. The van der Waals surface area contributed by atoms with Crippen molar-refractivity contribution in [2.75, 3.05) is 39.3 Å². The summed E-state index contributed by atoms with van der Waals surface area (Å²) in [4.78, 5) is 30.9. The molecule has 1 atom stereocenters. The van der Waals surface area contributed by atoms with Crippen LogP contribution in [-0.4, -0.2) is 71.8 Å². The van der Waals surface area contributed by atoms with Crippen LogP contribution in [0.5, 0.6) is 0 Å². The number of carbonyl (C=O) groups excluding carboxylic acids is 2. The first-order chi connectivity index (χ1) is 12.2. The predicted molar refractivity (Wildman–Crippen MR) is 95.3 cm³/mol. The largest absolute Gasteiger partial charge is 0.459 e. The lowest BCUT2D eigenvalue weighted by Gasteiger charge is -2.37. The fraction of sp³-hybridized carbons (Fsp3) is 0.684. The van der Waals surface area contributed by atoms with E-state index >= 15 is 0 Å². The molecule has 0 spiro atoms. The number of hydrogen-bond donors (Lipinski definition) is 0. The minimum atomic E-state index is -0.0868. The van der Waals surface area contributed by atoms with Gasteiger partial charge in [-0.15, -0.1) is 0 Å². The first kappa shape index (κ1) is 18.0. The van der Waals surface area contributed by atoms with Crippen molar-refractivity contribution in [3.05, 3.63) is 24.2 Å². The van der Waals surface area contributed by atoms with Gasteiger partial charge in [0.25, 0.3) is 5.91 Å². The first-order valence-corrected chi connectivity index (χ1v) is 9.53. The highest BCUT2D eigenvalue weighted by Crippen LogP contribution is 2.20. The molecule has 3 rings (SSSR count). The zero-order valence-corrected chi connectivity index (χ0v) is 15.2. The fourth-order valence-electron chi connectivity index (χ4n) is 3.93. The highest BCUT2D eigenvalue weighted by molar-refractivity contribution is 5.91. The van der Waals surface area contributed by atoms with Gasteiger partial charge < -0.3 is 14.2 Å². The zero-order chi connectivity index (χ0) is 17.6. The Morgan fingerprint density at radius 2 is 1.88 bits per heavy atom. The molecule has 2 fully saturated rings. The fourth-order valence-corrected chi connectivity index (χ4v) is 3.93. The van der Waals surface area contributed by atoms with Crippen LogP contribution in [0, 0.1) is 0 Å². The lowest BCUT2D eigenvalue weighted by Crippen LogP contribution is -2.51. The molecule has 0 N–H and O–H groups in total. The van der Waals surface area contributed by atoms with E-state index in [-0.39, 0.29) is 11.8 Å². The topological polar surface area (TPSA) is 57.0 Å². The van der Waals surface area contributed by atoms with Crippen LogP contribution in [0.4, 0.5) is 0 Å². The smallest absolute Gasteiger partial charge is 0.289 e. The van der Waals surface area contributed by atoms with E-state index in [9.17, 15) is 9.59 Å². The van der Waals surface area contributed by atoms with Gasteiger partial charge in [-0.05, 0) is 37.9 Å². The number of nitrogens with zero attached hydrogens (tertiary/aromatic N) is 3. The Morgan fingerprint density at radius 3 is 2.56 bits per heavy atom. The van der Waals surface area contributed by atoms with Crippen molar-refractivity contribution >= 4 is 11.8 Å². The number of piperazine rings is 1. The average molecular weight is 347 g/mol. The predicted octanol–water partition coefficient (Wildman–Crippen LogP) is 2.22. The second-order valence-electron chi connectivity index (χ2n) is 6.99. The molecule has 2 saturated heterocycles. The number of hydrogen-bond acceptors (Lipinski definition) is 4. The molecule has 6 nitrogen and oxygen atoms in total. The summed E-state index contributed by atoms with van der Waals surface area (Å²) < 4.78 is 5.17. The molecule has 0 radical (unpaired) electrons. The molecule has 0 aromatic carbocycles. The van der Waals surface area contributed by atoms with Crippen LogP contribution in [0.2, 0.25) is 0 Å². The highest BCUT2D eigenvalue weighted by atomic mass is 16.3. The number of furan rings is 1. The van der Waals surface area contributed by atoms with E-state index in [0.29, 0.717) is 44.4 Å². The summed E-state index contributed by atoms with van der Waals surface area (Å²) in [5.41, 5.74) is 0. The molecule has 138 valence electrons. The molecular weight excluding hydrogens is 318 g/mol. The summed E-state index contributed by atoms with van der Waals surface area (Å²) in [6.07, 6.45) is 7.09. The number of carbonyl (C=O) groups is 2. The van der Waals surface area contributed by atoms with Gasteiger partial charge in [-0.2, -0.15) is 0 Å². The summed E-state index contributed by atoms with van der Waals surface area (Å²) in [6, 6.07) is 4.05. The standard InChI is InChI=1S/C19H29N3O3/c1-2-16-6-3-4-9-20(16)10-8-18(23)21-11-13-22(14-12-21)19(24)17-7-5-15-25-17/h5,7,15-16H,2-4,6,8-14H2,1H3. The van der Waals surface area contributed by atoms with Gasteiger partial charge >= 0.3 is 0 Å². The summed E-state index contributed by atoms with van der Waals surface area (Å²) in [5.74, 6) is 0.497. The Morgan fingerprint density at radius 1 is 1.12 bits per heavy atom. The van der Waals surface area contributed by atoms with Gasteiger partial charge in [0.2, 0.25) is 5.91 Å². The summed E-state index contributed by atoms with van der Waals surface area (Å²) in [7, 11) is 0. The third-order valence-electron chi connectivity index (χ3n) is 5.48. The number of likely N-dealkylation sites (tertiary alicyclic amines) is 1. The van der Waals surface area contributed by atoms with Crippen LogP contribution >= 0.6 is 0 Å². The quantitative estimate of drug-likeness (QED) is 0.819. The lowest BCUT2D eigenvalue weighted by molar-refractivity contribution is -0.133. The third-order valence-corrected chi connectivity index (χ3v) is 5.48. The van der Waals surface area contributed by atoms with Crippen LogP contribution in [0.15, 0.2) is 22.8 Å². The molecule has 6 heteroatoms. The number of piperidine rings is 1. The summed E-state index contributed by atoms with van der Waals surface area (Å²) >= 11 is 0. The second kappa shape index (κ2) is 8.52. The molecule has 2 aliphatic rings. The van der Waals surface area contributed by atoms with Gasteiger partial charge in [0, 0.05) is 45.2 Å². The van der Waals surface area contributed by atoms with E-state index in [4.69, 9.17) is 4.42 Å². The van der Waals surface area contributed by atoms with E-state index < -0.39 is 0 Å². The Kier molecular flexibility index (Phi) is 6.13. The molecule has 25 heavy (non-hydrogen) atoms. The Bertz CT molecular complexity index is 564. The minimum Gasteiger partial charge on any atom is -0.459 e. The van der Waals surface area contributed by atoms with Crippen LogP contribution in [-0.2, 0) is 4.79 Å². The maximum Gasteiger partial charge on any atom is 0.289 e. The Hall–Kier alpha value is -1.82. The molecule has 0 saturated carbocycles. The van der Waals surface area contributed by atoms with Crippen molar-refractivity contribution < 1.29 is 14.0 Å². The van der Waals surface area contributed by atoms with Crippen LogP contribution in [0.25, 0.3) is 0 Å². The number of rotatable bonds is 5. The van der Waals surface area contributed by atoms with Gasteiger partial charge in [-0.25, -0.2) is 0 Å². The van der Waals surface area contributed by atoms with E-state index in [1.807, 2.05) is 4.90 Å². The van der Waals surface area contributed by atoms with Crippen LogP contribution < -0.4 is 0 Å². The van der Waals surface area contributed by atoms with Crippen molar-refractivity contribution in [2.24, 2.45) is 0 Å². The third kappa shape index (κ3) is 4.42. The lowest BCUT2D eigenvalue weighted by atomic mass is 10.00. The molecule has 1 unspecified atom stereocenters. The van der Waals surface area contributed by atoms with Gasteiger partial charge in [0.1, 0.15) is 0 Å². The first-order valence-electron chi connectivity index (χ1n) is 9.53. The van der Waals surface area contributed by atoms with E-state index in [2.05, 4.69) is 11.8 Å². The van der Waals surface area contributed by atoms with Crippen LogP contribution in [0.3, 0.4) is 0 Å². The van der Waals surface area contributed by atoms with E-state index in [1.54, 1.807) is 17.0 Å². The maximum atomic E-state index is 12.5. The minimum absolute atomic E-state index is 0.0868. The van der Waals surface area contributed by atoms with Crippen molar-refractivity contribution in [3.63, 3.8) is 0 Å². The second-order valence-corrected chi connectivity index (χ2v) is 6.99. The molecule has 2 aliphatic heterocycles. The van der Waals surface area contributed by atoms with Crippen molar-refractivity contribution in [1.82, 2.24) is 14.7 Å². The molecule has 0 aliphatic carbocycles. The molecular formula is C19H29N3O3. The molecule has 3 heterocycles. The molecule has 1 aromatic heterocycles. The van der Waals surface area contributed by atoms with Gasteiger partial charge in [-0.3, -0.25) is 14.5 Å². The monoisotopic (exact) mass is 347 g/mol. The molecule has 2 amide bonds. The summed E-state index contributed by atoms with van der Waals surface area (Å²) in [6.45, 7) is 6.60. The van der Waals surface area contributed by atoms with Crippen molar-refractivity contribution in [2.45, 2.75) is 45.1 Å².